The lowest BCUT2D eigenvalue weighted by Crippen LogP contribution is -2.38. The summed E-state index contributed by atoms with van der Waals surface area (Å²) in [5.41, 5.74) is 4.75. The minimum absolute atomic E-state index is 0.0237. The highest BCUT2D eigenvalue weighted by Gasteiger charge is 2.38. The van der Waals surface area contributed by atoms with Gasteiger partial charge in [0.15, 0.2) is 17.3 Å². The molecule has 0 saturated carbocycles. The van der Waals surface area contributed by atoms with Crippen LogP contribution in [0.25, 0.3) is 20.8 Å². The van der Waals surface area contributed by atoms with E-state index in [-0.39, 0.29) is 43.5 Å². The van der Waals surface area contributed by atoms with E-state index in [0.717, 1.165) is 26.4 Å². The van der Waals surface area contributed by atoms with Crippen molar-refractivity contribution in [2.24, 2.45) is 5.92 Å². The van der Waals surface area contributed by atoms with Crippen molar-refractivity contribution >= 4 is 33.1 Å². The van der Waals surface area contributed by atoms with Crippen LogP contribution >= 0.6 is 11.3 Å². The Hall–Kier alpha value is -4.00. The number of carbonyl (C=O) groups is 1. The number of benzene rings is 3. The number of aromatic nitrogens is 1. The molecule has 2 aliphatic heterocycles. The van der Waals surface area contributed by atoms with Gasteiger partial charge in [0, 0.05) is 36.3 Å². The predicted octanol–water partition coefficient (Wildman–Crippen LogP) is 6.03. The van der Waals surface area contributed by atoms with Gasteiger partial charge in [0.05, 0.1) is 36.6 Å². The molecule has 3 heterocycles. The SMILES string of the molecule is CCOC1OC(C(=O)Nc2ccc(-c3nc4ccc(C)cc4s3)cc2)=CC(c2ccc3c(c2)OCO3)C1CCOCCOCCO. The second kappa shape index (κ2) is 15.1. The van der Waals surface area contributed by atoms with E-state index in [1.807, 2.05) is 61.5 Å². The quantitative estimate of drug-likeness (QED) is 0.158. The Kier molecular flexibility index (Phi) is 10.5. The molecule has 242 valence electrons. The fourth-order valence-corrected chi connectivity index (χ4v) is 6.66. The molecule has 2 N–H and O–H groups in total. The van der Waals surface area contributed by atoms with Crippen LogP contribution in [-0.2, 0) is 23.7 Å². The van der Waals surface area contributed by atoms with Crippen molar-refractivity contribution in [1.29, 1.82) is 0 Å². The van der Waals surface area contributed by atoms with Crippen molar-refractivity contribution in [3.8, 4) is 22.1 Å². The van der Waals surface area contributed by atoms with Crippen LogP contribution < -0.4 is 14.8 Å². The second-order valence-corrected chi connectivity index (χ2v) is 12.1. The van der Waals surface area contributed by atoms with Crippen LogP contribution in [-0.4, -0.2) is 68.7 Å². The summed E-state index contributed by atoms with van der Waals surface area (Å²) in [7, 11) is 0. The number of nitrogens with zero attached hydrogens (tertiary/aromatic N) is 1. The van der Waals surface area contributed by atoms with Gasteiger partial charge in [-0.1, -0.05) is 12.1 Å². The molecule has 46 heavy (non-hydrogen) atoms. The first-order chi connectivity index (χ1) is 22.5. The second-order valence-electron chi connectivity index (χ2n) is 11.0. The number of hydrogen-bond donors (Lipinski definition) is 2. The van der Waals surface area contributed by atoms with Crippen molar-refractivity contribution < 1.29 is 38.3 Å². The molecule has 1 amide bonds. The number of aryl methyl sites for hydroxylation is 1. The summed E-state index contributed by atoms with van der Waals surface area (Å²) >= 11 is 1.65. The first-order valence-corrected chi connectivity index (χ1v) is 16.3. The number of nitrogens with one attached hydrogen (secondary N) is 1. The number of hydrogen-bond acceptors (Lipinski definition) is 10. The number of aliphatic hydroxyl groups excluding tert-OH is 1. The largest absolute Gasteiger partial charge is 0.459 e. The lowest BCUT2D eigenvalue weighted by Gasteiger charge is -2.37. The van der Waals surface area contributed by atoms with Crippen molar-refractivity contribution in [2.75, 3.05) is 51.8 Å². The number of carbonyl (C=O) groups excluding carboxylic acids is 1. The summed E-state index contributed by atoms with van der Waals surface area (Å²) in [5, 5.41) is 12.8. The molecule has 6 rings (SSSR count). The molecular weight excluding hydrogens is 608 g/mol. The molecule has 3 unspecified atom stereocenters. The van der Waals surface area contributed by atoms with Gasteiger partial charge in [-0.2, -0.15) is 0 Å². The molecule has 0 radical (unpaired) electrons. The third-order valence-electron chi connectivity index (χ3n) is 7.86. The number of anilines is 1. The summed E-state index contributed by atoms with van der Waals surface area (Å²) in [4.78, 5) is 18.4. The number of fused-ring (bicyclic) bond motifs is 2. The van der Waals surface area contributed by atoms with Gasteiger partial charge in [0.25, 0.3) is 5.91 Å². The van der Waals surface area contributed by atoms with E-state index in [1.165, 1.54) is 5.56 Å². The first-order valence-electron chi connectivity index (χ1n) is 15.5. The molecule has 0 fully saturated rings. The van der Waals surface area contributed by atoms with Gasteiger partial charge in [0.1, 0.15) is 5.01 Å². The van der Waals surface area contributed by atoms with E-state index in [4.69, 9.17) is 38.5 Å². The summed E-state index contributed by atoms with van der Waals surface area (Å²) in [6.45, 7) is 6.05. The van der Waals surface area contributed by atoms with E-state index in [1.54, 1.807) is 11.3 Å². The predicted molar refractivity (Wildman–Crippen MR) is 175 cm³/mol. The Morgan fingerprint density at radius 3 is 2.61 bits per heavy atom. The van der Waals surface area contributed by atoms with E-state index in [9.17, 15) is 4.79 Å². The number of aliphatic hydroxyl groups is 1. The van der Waals surface area contributed by atoms with Crippen molar-refractivity contribution in [3.05, 3.63) is 83.6 Å². The zero-order valence-corrected chi connectivity index (χ0v) is 26.7. The van der Waals surface area contributed by atoms with Gasteiger partial charge < -0.3 is 38.8 Å². The van der Waals surface area contributed by atoms with Gasteiger partial charge >= 0.3 is 0 Å². The van der Waals surface area contributed by atoms with Gasteiger partial charge in [0.2, 0.25) is 13.1 Å². The van der Waals surface area contributed by atoms with E-state index < -0.39 is 6.29 Å². The first kappa shape index (κ1) is 32.0. The average molecular weight is 647 g/mol. The Balaban J connectivity index is 1.19. The topological polar surface area (TPSA) is 118 Å². The van der Waals surface area contributed by atoms with Crippen LogP contribution in [0.3, 0.4) is 0 Å². The molecule has 11 heteroatoms. The summed E-state index contributed by atoms with van der Waals surface area (Å²) in [6.07, 6.45) is 1.79. The molecule has 3 atom stereocenters. The number of thiazole rings is 1. The highest BCUT2D eigenvalue weighted by molar-refractivity contribution is 7.21. The zero-order chi connectivity index (χ0) is 31.9. The third kappa shape index (κ3) is 7.51. The molecule has 2 aliphatic rings. The van der Waals surface area contributed by atoms with Crippen LogP contribution in [0, 0.1) is 12.8 Å². The van der Waals surface area contributed by atoms with E-state index in [0.29, 0.717) is 50.0 Å². The number of rotatable bonds is 14. The van der Waals surface area contributed by atoms with Crippen molar-refractivity contribution in [1.82, 2.24) is 4.98 Å². The van der Waals surface area contributed by atoms with Crippen LogP contribution in [0.15, 0.2) is 72.5 Å². The van der Waals surface area contributed by atoms with E-state index >= 15 is 0 Å². The van der Waals surface area contributed by atoms with Gasteiger partial charge in [-0.15, -0.1) is 11.3 Å². The maximum atomic E-state index is 13.6. The summed E-state index contributed by atoms with van der Waals surface area (Å²) in [6, 6.07) is 19.7. The maximum absolute atomic E-state index is 13.6. The Morgan fingerprint density at radius 2 is 1.80 bits per heavy atom. The minimum Gasteiger partial charge on any atom is -0.459 e. The highest BCUT2D eigenvalue weighted by atomic mass is 32.1. The lowest BCUT2D eigenvalue weighted by atomic mass is 9.81. The number of amides is 1. The monoisotopic (exact) mass is 646 g/mol. The Morgan fingerprint density at radius 1 is 1.00 bits per heavy atom. The van der Waals surface area contributed by atoms with Gasteiger partial charge in [-0.3, -0.25) is 4.79 Å². The molecule has 0 spiro atoms. The average Bonchev–Trinajstić information content (AvgIpc) is 3.71. The zero-order valence-electron chi connectivity index (χ0n) is 25.9. The Labute approximate surface area is 271 Å². The van der Waals surface area contributed by atoms with Crippen LogP contribution in [0.2, 0.25) is 0 Å². The minimum atomic E-state index is -0.676. The molecule has 4 aromatic rings. The van der Waals surface area contributed by atoms with Crippen LogP contribution in [0.4, 0.5) is 5.69 Å². The molecule has 1 aromatic heterocycles. The standard InChI is InChI=1S/C35H38N2O8S/c1-3-42-35-26(12-14-40-16-17-41-15-13-38)27(24-7-11-29-30(19-24)44-21-43-29)20-31(45-35)33(39)36-25-8-5-23(6-9-25)34-37-28-10-4-22(2)18-32(28)46-34/h4-11,18-20,26-27,35,38H,3,12-17,21H2,1-2H3,(H,36,39). The molecule has 0 bridgehead atoms. The van der Waals surface area contributed by atoms with Crippen molar-refractivity contribution in [2.45, 2.75) is 32.5 Å². The smallest absolute Gasteiger partial charge is 0.290 e. The highest BCUT2D eigenvalue weighted by Crippen LogP contribution is 2.42. The fraction of sp³-hybridized carbons (Fsp3) is 0.371. The van der Waals surface area contributed by atoms with E-state index in [2.05, 4.69) is 24.4 Å². The van der Waals surface area contributed by atoms with Crippen LogP contribution in [0.5, 0.6) is 11.5 Å². The lowest BCUT2D eigenvalue weighted by molar-refractivity contribution is -0.166. The number of ether oxygens (including phenoxy) is 6. The number of allylic oxidation sites excluding steroid dienone is 1. The molecule has 0 aliphatic carbocycles. The fourth-order valence-electron chi connectivity index (χ4n) is 5.59. The van der Waals surface area contributed by atoms with Gasteiger partial charge in [-0.05, 0) is 86.0 Å². The summed E-state index contributed by atoms with van der Waals surface area (Å²) in [5.74, 6) is 0.796. The summed E-state index contributed by atoms with van der Waals surface area (Å²) < 4.78 is 35.7. The molecule has 3 aromatic carbocycles. The maximum Gasteiger partial charge on any atom is 0.290 e. The third-order valence-corrected chi connectivity index (χ3v) is 8.93. The van der Waals surface area contributed by atoms with Gasteiger partial charge in [-0.25, -0.2) is 4.98 Å². The Bertz CT molecular complexity index is 1670. The molecular formula is C35H38N2O8S. The molecule has 0 saturated heterocycles. The van der Waals surface area contributed by atoms with Crippen LogP contribution in [0.1, 0.15) is 30.4 Å². The van der Waals surface area contributed by atoms with Crippen molar-refractivity contribution in [3.63, 3.8) is 0 Å². The normalized spacial score (nSPS) is 18.8. The molecule has 10 nitrogen and oxygen atoms in total.